The molecule has 0 atom stereocenters. The molecule has 1 aromatic heterocycles. The zero-order valence-electron chi connectivity index (χ0n) is 17.2. The third-order valence-electron chi connectivity index (χ3n) is 4.73. The molecule has 3 aromatic rings. The normalized spacial score (nSPS) is 10.5. The summed E-state index contributed by atoms with van der Waals surface area (Å²) in [7, 11) is 4.47. The van der Waals surface area contributed by atoms with Gasteiger partial charge in [0.15, 0.2) is 11.1 Å². The largest absolute Gasteiger partial charge is 0.465 e. The topological polar surface area (TPSA) is 121 Å². The van der Waals surface area contributed by atoms with Gasteiger partial charge in [0.1, 0.15) is 0 Å². The molecule has 0 bridgehead atoms. The summed E-state index contributed by atoms with van der Waals surface area (Å²) in [4.78, 5) is 52.5. The van der Waals surface area contributed by atoms with Gasteiger partial charge in [0.2, 0.25) is 0 Å². The maximum Gasteiger partial charge on any atom is 0.347 e. The summed E-state index contributed by atoms with van der Waals surface area (Å²) < 4.78 is 19.0. The Bertz CT molecular complexity index is 1210. The van der Waals surface area contributed by atoms with Gasteiger partial charge in [-0.25, -0.2) is 19.2 Å². The molecule has 9 nitrogen and oxygen atoms in total. The number of carbonyl (C=O) groups is 4. The molecule has 0 aliphatic carbocycles. The van der Waals surface area contributed by atoms with E-state index < -0.39 is 35.0 Å². The predicted molar refractivity (Wildman–Crippen MR) is 110 cm³/mol. The summed E-state index contributed by atoms with van der Waals surface area (Å²) in [6, 6.07) is 10.8. The summed E-state index contributed by atoms with van der Waals surface area (Å²) in [5.41, 5.74) is -0.851. The zero-order chi connectivity index (χ0) is 22.7. The molecule has 0 spiro atoms. The summed E-state index contributed by atoms with van der Waals surface area (Å²) in [5.74, 6) is -3.81. The van der Waals surface area contributed by atoms with E-state index in [1.54, 1.807) is 12.1 Å². The first-order valence-electron chi connectivity index (χ1n) is 9.00. The maximum atomic E-state index is 12.4. The van der Waals surface area contributed by atoms with E-state index in [-0.39, 0.29) is 10.7 Å². The lowest BCUT2D eigenvalue weighted by Crippen LogP contribution is -2.28. The maximum absolute atomic E-state index is 12.4. The van der Waals surface area contributed by atoms with E-state index in [0.717, 1.165) is 39.2 Å². The van der Waals surface area contributed by atoms with Crippen molar-refractivity contribution in [1.29, 1.82) is 0 Å². The average Bonchev–Trinajstić information content (AvgIpc) is 3.14. The Morgan fingerprint density at radius 3 is 1.23 bits per heavy atom. The first-order chi connectivity index (χ1) is 14.9. The summed E-state index contributed by atoms with van der Waals surface area (Å²) >= 11 is 0. The van der Waals surface area contributed by atoms with Gasteiger partial charge >= 0.3 is 23.9 Å². The first kappa shape index (κ1) is 21.6. The number of aromatic nitrogens is 1. The molecular formula is C22H19NO8. The van der Waals surface area contributed by atoms with Crippen LogP contribution in [0.15, 0.2) is 36.4 Å². The molecule has 0 saturated carbocycles. The van der Waals surface area contributed by atoms with Crippen molar-refractivity contribution in [3.63, 3.8) is 0 Å². The number of H-pyrrole nitrogens is 1. The quantitative estimate of drug-likeness (QED) is 0.360. The van der Waals surface area contributed by atoms with E-state index in [0.29, 0.717) is 10.8 Å². The summed E-state index contributed by atoms with van der Waals surface area (Å²) in [6.45, 7) is 0. The van der Waals surface area contributed by atoms with Crippen molar-refractivity contribution < 1.29 is 38.1 Å². The Kier molecular flexibility index (Phi) is 6.05. The molecule has 1 heterocycles. The van der Waals surface area contributed by atoms with Crippen molar-refractivity contribution in [3.8, 4) is 0 Å². The van der Waals surface area contributed by atoms with Crippen LogP contribution in [-0.4, -0.2) is 57.3 Å². The molecule has 3 rings (SSSR count). The summed E-state index contributed by atoms with van der Waals surface area (Å²) in [6.07, 6.45) is 0. The van der Waals surface area contributed by atoms with Crippen molar-refractivity contribution in [2.24, 2.45) is 0 Å². The molecule has 2 aromatic carbocycles. The average molecular weight is 425 g/mol. The standard InChI is InChI=1S/C22H19NO8/c1-28-19(24)15(20(25)29-2)17-13-9-11-7-5-6-8-12(11)10-14(13)18(23-17)16(21(26)30-3)22(27)31-4/h5-10,23H,1-4H3. The van der Waals surface area contributed by atoms with Crippen LogP contribution in [0.3, 0.4) is 0 Å². The third kappa shape index (κ3) is 3.73. The molecule has 9 heteroatoms. The van der Waals surface area contributed by atoms with Crippen LogP contribution >= 0.6 is 0 Å². The number of ether oxygens (including phenoxy) is 4. The van der Waals surface area contributed by atoms with Gasteiger partial charge in [-0.3, -0.25) is 0 Å². The highest BCUT2D eigenvalue weighted by molar-refractivity contribution is 6.38. The predicted octanol–water partition coefficient (Wildman–Crippen LogP) is 0.315. The molecule has 0 amide bonds. The molecule has 1 N–H and O–H groups in total. The minimum absolute atomic E-state index is 0.0276. The van der Waals surface area contributed by atoms with E-state index in [1.807, 2.05) is 24.3 Å². The van der Waals surface area contributed by atoms with Crippen molar-refractivity contribution in [2.75, 3.05) is 28.4 Å². The van der Waals surface area contributed by atoms with Crippen LogP contribution in [0.5, 0.6) is 0 Å². The van der Waals surface area contributed by atoms with Gasteiger partial charge in [-0.1, -0.05) is 24.3 Å². The highest BCUT2D eigenvalue weighted by atomic mass is 16.5. The summed E-state index contributed by atoms with van der Waals surface area (Å²) in [5, 5.41) is 2.44. The fourth-order valence-corrected chi connectivity index (χ4v) is 3.29. The monoisotopic (exact) mass is 425 g/mol. The molecular weight excluding hydrogens is 406 g/mol. The van der Waals surface area contributed by atoms with E-state index in [4.69, 9.17) is 18.9 Å². The van der Waals surface area contributed by atoms with Crippen LogP contribution in [0.1, 0.15) is 0 Å². The number of hydrogen-bond acceptors (Lipinski definition) is 8. The minimum atomic E-state index is -0.951. The number of hydrogen-bond donors (Lipinski definition) is 1. The highest BCUT2D eigenvalue weighted by Gasteiger charge is 2.27. The fraction of sp³-hybridized carbons (Fsp3) is 0.182. The van der Waals surface area contributed by atoms with Crippen molar-refractivity contribution in [1.82, 2.24) is 4.98 Å². The van der Waals surface area contributed by atoms with E-state index in [9.17, 15) is 19.2 Å². The fourth-order valence-electron chi connectivity index (χ4n) is 3.29. The molecule has 0 radical (unpaired) electrons. The minimum Gasteiger partial charge on any atom is -0.465 e. The van der Waals surface area contributed by atoms with Gasteiger partial charge in [0, 0.05) is 10.8 Å². The number of methoxy groups -OCH3 is 4. The molecule has 0 fully saturated rings. The smallest absolute Gasteiger partial charge is 0.347 e. The van der Waals surface area contributed by atoms with Gasteiger partial charge in [0.25, 0.3) is 0 Å². The molecule has 160 valence electrons. The van der Waals surface area contributed by atoms with Gasteiger partial charge in [-0.05, 0) is 22.9 Å². The lowest BCUT2D eigenvalue weighted by Gasteiger charge is -2.03. The SMILES string of the molecule is COC(=O)C(C(=O)OC)=c1[nH]c(=C(C(=O)OC)C(=O)OC)c2cc3ccccc3cc12. The number of benzene rings is 2. The molecule has 0 aliphatic heterocycles. The number of nitrogens with one attached hydrogen (secondary N) is 1. The number of rotatable bonds is 4. The van der Waals surface area contributed by atoms with Crippen molar-refractivity contribution >= 4 is 56.6 Å². The number of esters is 4. The number of carbonyl (C=O) groups excluding carboxylic acids is 4. The Labute approximate surface area is 175 Å². The van der Waals surface area contributed by atoms with Gasteiger partial charge in [-0.2, -0.15) is 0 Å². The second-order valence-electron chi connectivity index (χ2n) is 6.34. The van der Waals surface area contributed by atoms with Gasteiger partial charge < -0.3 is 23.9 Å². The van der Waals surface area contributed by atoms with E-state index in [1.165, 1.54) is 0 Å². The Morgan fingerprint density at radius 1 is 0.613 bits per heavy atom. The third-order valence-corrected chi connectivity index (χ3v) is 4.73. The molecule has 0 aliphatic rings. The van der Waals surface area contributed by atoms with Crippen molar-refractivity contribution in [3.05, 3.63) is 47.1 Å². The number of fused-ring (bicyclic) bond motifs is 2. The molecule has 31 heavy (non-hydrogen) atoms. The zero-order valence-corrected chi connectivity index (χ0v) is 17.2. The number of aromatic amines is 1. The first-order valence-corrected chi connectivity index (χ1v) is 9.00. The van der Waals surface area contributed by atoms with Crippen LogP contribution in [-0.2, 0) is 38.1 Å². The second kappa shape index (κ2) is 8.70. The van der Waals surface area contributed by atoms with Crippen LogP contribution in [0.25, 0.3) is 32.7 Å². The second-order valence-corrected chi connectivity index (χ2v) is 6.34. The molecule has 0 saturated heterocycles. The van der Waals surface area contributed by atoms with Crippen LogP contribution < -0.4 is 10.7 Å². The Hall–Kier alpha value is -4.14. The van der Waals surface area contributed by atoms with Gasteiger partial charge in [0.05, 0.1) is 39.1 Å². The van der Waals surface area contributed by atoms with E-state index >= 15 is 0 Å². The van der Waals surface area contributed by atoms with Crippen molar-refractivity contribution in [2.45, 2.75) is 0 Å². The lowest BCUT2D eigenvalue weighted by atomic mass is 10.0. The van der Waals surface area contributed by atoms with Crippen LogP contribution in [0.4, 0.5) is 0 Å². The van der Waals surface area contributed by atoms with Crippen LogP contribution in [0.2, 0.25) is 0 Å². The van der Waals surface area contributed by atoms with Gasteiger partial charge in [-0.15, -0.1) is 0 Å². The lowest BCUT2D eigenvalue weighted by molar-refractivity contribution is -0.142. The Morgan fingerprint density at radius 2 is 0.935 bits per heavy atom. The Balaban J connectivity index is 2.70. The molecule has 0 unspecified atom stereocenters. The van der Waals surface area contributed by atoms with Crippen LogP contribution in [0, 0.1) is 0 Å². The highest BCUT2D eigenvalue weighted by Crippen LogP contribution is 2.20. The van der Waals surface area contributed by atoms with E-state index in [2.05, 4.69) is 4.98 Å².